The minimum Gasteiger partial charge on any atom is -0.481 e. The Labute approximate surface area is 306 Å². The van der Waals surface area contributed by atoms with Gasteiger partial charge in [-0.3, -0.25) is 28.8 Å². The van der Waals surface area contributed by atoms with Gasteiger partial charge in [-0.1, -0.05) is 31.8 Å². The van der Waals surface area contributed by atoms with Gasteiger partial charge in [0, 0.05) is 36.3 Å². The van der Waals surface area contributed by atoms with E-state index in [9.17, 15) is 28.8 Å². The molecule has 0 bridgehead atoms. The molecule has 16 heteroatoms. The molecule has 1 aliphatic rings. The van der Waals surface area contributed by atoms with Crippen molar-refractivity contribution in [3.63, 3.8) is 0 Å². The molecule has 5 amide bonds. The summed E-state index contributed by atoms with van der Waals surface area (Å²) in [7, 11) is 0. The topological polar surface area (TPSA) is 249 Å². The molecule has 1 aromatic rings. The molecule has 16 nitrogen and oxygen atoms in total. The number of primary amides is 1. The number of unbranched alkanes of at least 4 members (excludes halogenated alkanes) is 1. The smallest absolute Gasteiger partial charge is 0.303 e. The highest BCUT2D eigenvalue weighted by Gasteiger charge is 2.31. The molecule has 0 aliphatic heterocycles. The standard InChI is InChI=1S/C36H60N8O8/c1-22(2)19-31(36(51)41-28(33(38)48)15-16-32(46)47)43-35(50)30(13-8-9-17-37)42-34(49)29(40-25(5)45)14-10-18-52-39-21-26-20-23(3)44(24(26)4)27-11-6-7-12-27/h20-22,27-31H,6-19,37H2,1-5H3,(H2,38,48)(H,40,45)(H,41,51)(H,42,49)(H,43,50)(H,46,47)/b39-21+/t28-,29-,30-,31-/m0/s1. The van der Waals surface area contributed by atoms with E-state index in [1.54, 1.807) is 6.21 Å². The number of aliphatic carboxylic acids is 1. The van der Waals surface area contributed by atoms with Gasteiger partial charge in [0.2, 0.25) is 29.5 Å². The first-order valence-electron chi connectivity index (χ1n) is 18.4. The first-order valence-corrected chi connectivity index (χ1v) is 18.4. The van der Waals surface area contributed by atoms with Gasteiger partial charge < -0.3 is 47.2 Å². The minimum atomic E-state index is -1.25. The number of carboxylic acid groups (broad SMARTS) is 1. The summed E-state index contributed by atoms with van der Waals surface area (Å²) in [6.45, 7) is 9.70. The first kappa shape index (κ1) is 43.7. The van der Waals surface area contributed by atoms with E-state index in [1.165, 1.54) is 38.3 Å². The van der Waals surface area contributed by atoms with Crippen LogP contribution in [0.15, 0.2) is 11.2 Å². The molecular formula is C36H60N8O8. The number of rotatable bonds is 24. The van der Waals surface area contributed by atoms with Crippen LogP contribution in [0.2, 0.25) is 0 Å². The molecule has 292 valence electrons. The Balaban J connectivity index is 2.07. The van der Waals surface area contributed by atoms with Gasteiger partial charge in [0.1, 0.15) is 30.8 Å². The Morgan fingerprint density at radius 2 is 1.48 bits per heavy atom. The fourth-order valence-corrected chi connectivity index (χ4v) is 6.51. The van der Waals surface area contributed by atoms with Crippen LogP contribution in [0.5, 0.6) is 0 Å². The maximum absolute atomic E-state index is 13.6. The van der Waals surface area contributed by atoms with E-state index in [0.29, 0.717) is 31.8 Å². The molecule has 1 aliphatic carbocycles. The van der Waals surface area contributed by atoms with Gasteiger partial charge in [-0.05, 0) is 90.2 Å². The quantitative estimate of drug-likeness (QED) is 0.0465. The van der Waals surface area contributed by atoms with Crippen molar-refractivity contribution in [3.8, 4) is 0 Å². The monoisotopic (exact) mass is 732 g/mol. The Hall–Kier alpha value is -4.47. The zero-order chi connectivity index (χ0) is 38.8. The molecule has 0 spiro atoms. The molecule has 0 aromatic carbocycles. The number of hydrogen-bond donors (Lipinski definition) is 7. The number of nitrogens with one attached hydrogen (secondary N) is 4. The van der Waals surface area contributed by atoms with Gasteiger partial charge in [0.25, 0.3) is 0 Å². The van der Waals surface area contributed by atoms with Crippen molar-refractivity contribution in [2.24, 2.45) is 22.5 Å². The largest absolute Gasteiger partial charge is 0.481 e. The van der Waals surface area contributed by atoms with E-state index >= 15 is 0 Å². The number of hydrogen-bond acceptors (Lipinski definition) is 9. The SMILES string of the molecule is CC(=O)N[C@@H](CCCO/N=C/c1cc(C)n(C2CCCC2)c1C)C(=O)N[C@@H](CCCCN)C(=O)N[C@@H](CC(C)C)C(=O)N[C@@H](CCC(=O)O)C(N)=O. The molecule has 4 atom stereocenters. The normalized spacial score (nSPS) is 15.5. The second-order valence-corrected chi connectivity index (χ2v) is 14.0. The molecule has 0 saturated heterocycles. The molecular weight excluding hydrogens is 672 g/mol. The van der Waals surface area contributed by atoms with Crippen molar-refractivity contribution in [2.75, 3.05) is 13.2 Å². The molecule has 1 fully saturated rings. The number of oxime groups is 1. The zero-order valence-corrected chi connectivity index (χ0v) is 31.4. The van der Waals surface area contributed by atoms with Crippen molar-refractivity contribution in [3.05, 3.63) is 23.0 Å². The van der Waals surface area contributed by atoms with E-state index in [4.69, 9.17) is 21.4 Å². The molecule has 2 rings (SSSR count). The average molecular weight is 733 g/mol. The van der Waals surface area contributed by atoms with Crippen LogP contribution < -0.4 is 32.7 Å². The summed E-state index contributed by atoms with van der Waals surface area (Å²) in [5.41, 5.74) is 14.4. The highest BCUT2D eigenvalue weighted by molar-refractivity contribution is 5.95. The van der Waals surface area contributed by atoms with E-state index in [1.807, 2.05) is 13.8 Å². The van der Waals surface area contributed by atoms with Crippen LogP contribution in [0.1, 0.15) is 121 Å². The van der Waals surface area contributed by atoms with Crippen LogP contribution >= 0.6 is 0 Å². The van der Waals surface area contributed by atoms with Crippen LogP contribution in [-0.2, 0) is 33.6 Å². The number of carbonyl (C=O) groups excluding carboxylic acids is 5. The molecule has 52 heavy (non-hydrogen) atoms. The van der Waals surface area contributed by atoms with Gasteiger partial charge in [0.15, 0.2) is 0 Å². The zero-order valence-electron chi connectivity index (χ0n) is 31.4. The predicted octanol–water partition coefficient (Wildman–Crippen LogP) is 1.84. The first-order chi connectivity index (χ1) is 24.6. The lowest BCUT2D eigenvalue weighted by Crippen LogP contribution is -2.58. The van der Waals surface area contributed by atoms with E-state index in [0.717, 1.165) is 11.3 Å². The van der Waals surface area contributed by atoms with Gasteiger partial charge in [-0.2, -0.15) is 0 Å². The highest BCUT2D eigenvalue weighted by Crippen LogP contribution is 2.33. The van der Waals surface area contributed by atoms with Crippen molar-refractivity contribution in [1.82, 2.24) is 25.8 Å². The third-order valence-corrected chi connectivity index (χ3v) is 9.13. The van der Waals surface area contributed by atoms with Gasteiger partial charge in [-0.15, -0.1) is 0 Å². The van der Waals surface area contributed by atoms with Crippen LogP contribution in [0, 0.1) is 19.8 Å². The lowest BCUT2D eigenvalue weighted by atomic mass is 10.0. The lowest BCUT2D eigenvalue weighted by Gasteiger charge is -2.27. The number of aromatic nitrogens is 1. The predicted molar refractivity (Wildman–Crippen MR) is 196 cm³/mol. The Bertz CT molecular complexity index is 1390. The summed E-state index contributed by atoms with van der Waals surface area (Å²) in [5.74, 6) is -4.49. The van der Waals surface area contributed by atoms with E-state index in [2.05, 4.69) is 50.9 Å². The number of carboxylic acids is 1. The molecule has 1 aromatic heterocycles. The van der Waals surface area contributed by atoms with Crippen molar-refractivity contribution < 1.29 is 38.7 Å². The maximum Gasteiger partial charge on any atom is 0.303 e. The summed E-state index contributed by atoms with van der Waals surface area (Å²) in [5, 5.41) is 23.6. The van der Waals surface area contributed by atoms with Gasteiger partial charge in [-0.25, -0.2) is 0 Å². The molecule has 0 radical (unpaired) electrons. The van der Waals surface area contributed by atoms with Crippen LogP contribution in [0.4, 0.5) is 0 Å². The number of amides is 5. The fourth-order valence-electron chi connectivity index (χ4n) is 6.51. The third kappa shape index (κ3) is 15.0. The fraction of sp³-hybridized carbons (Fsp3) is 0.694. The number of nitrogens with zero attached hydrogens (tertiary/aromatic N) is 2. The third-order valence-electron chi connectivity index (χ3n) is 9.13. The number of aryl methyl sites for hydroxylation is 1. The second-order valence-electron chi connectivity index (χ2n) is 14.0. The van der Waals surface area contributed by atoms with E-state index in [-0.39, 0.29) is 38.2 Å². The van der Waals surface area contributed by atoms with Crippen molar-refractivity contribution in [1.29, 1.82) is 0 Å². The molecule has 1 heterocycles. The minimum absolute atomic E-state index is 0.0609. The lowest BCUT2D eigenvalue weighted by molar-refractivity contribution is -0.138. The Morgan fingerprint density at radius 3 is 2.06 bits per heavy atom. The molecule has 0 unspecified atom stereocenters. The van der Waals surface area contributed by atoms with Gasteiger partial charge in [0.05, 0.1) is 6.21 Å². The molecule has 1 saturated carbocycles. The average Bonchev–Trinajstić information content (AvgIpc) is 3.69. The summed E-state index contributed by atoms with van der Waals surface area (Å²) < 4.78 is 2.37. The second kappa shape index (κ2) is 22.5. The van der Waals surface area contributed by atoms with Crippen LogP contribution in [-0.4, -0.2) is 88.7 Å². The number of carbonyl (C=O) groups is 6. The summed E-state index contributed by atoms with van der Waals surface area (Å²) in [6.07, 6.45) is 7.97. The van der Waals surface area contributed by atoms with Crippen molar-refractivity contribution >= 4 is 41.7 Å². The number of nitrogens with two attached hydrogens (primary N) is 2. The molecule has 9 N–H and O–H groups in total. The summed E-state index contributed by atoms with van der Waals surface area (Å²) in [6, 6.07) is -1.78. The Kier molecular flexibility index (Phi) is 18.9. The maximum atomic E-state index is 13.6. The summed E-state index contributed by atoms with van der Waals surface area (Å²) >= 11 is 0. The summed E-state index contributed by atoms with van der Waals surface area (Å²) in [4.78, 5) is 80.7. The van der Waals surface area contributed by atoms with Gasteiger partial charge >= 0.3 is 5.97 Å². The van der Waals surface area contributed by atoms with Crippen molar-refractivity contribution in [2.45, 2.75) is 142 Å². The highest BCUT2D eigenvalue weighted by atomic mass is 16.6. The van der Waals surface area contributed by atoms with Crippen LogP contribution in [0.25, 0.3) is 0 Å². The van der Waals surface area contributed by atoms with E-state index < -0.39 is 66.1 Å². The Morgan fingerprint density at radius 1 is 0.904 bits per heavy atom. The van der Waals surface area contributed by atoms with Crippen LogP contribution in [0.3, 0.4) is 0 Å².